The van der Waals surface area contributed by atoms with E-state index in [1.807, 2.05) is 36.2 Å². The predicted molar refractivity (Wildman–Crippen MR) is 87.2 cm³/mol. The van der Waals surface area contributed by atoms with Crippen molar-refractivity contribution in [3.05, 3.63) is 59.9 Å². The molecule has 5 heteroatoms. The van der Waals surface area contributed by atoms with E-state index >= 15 is 0 Å². The average molecular weight is 319 g/mol. The molecule has 0 aromatic heterocycles. The van der Waals surface area contributed by atoms with Crippen LogP contribution in [0.1, 0.15) is 5.56 Å². The van der Waals surface area contributed by atoms with E-state index in [9.17, 15) is 9.50 Å². The van der Waals surface area contributed by atoms with Crippen LogP contribution in [0.15, 0.2) is 48.5 Å². The summed E-state index contributed by atoms with van der Waals surface area (Å²) < 4.78 is 23.6. The minimum absolute atomic E-state index is 0.155. The molecule has 2 aromatic carbocycles. The van der Waals surface area contributed by atoms with Gasteiger partial charge in [-0.3, -0.25) is 4.90 Å². The molecule has 0 fully saturated rings. The first-order chi connectivity index (χ1) is 11.1. The molecule has 1 atom stereocenters. The van der Waals surface area contributed by atoms with E-state index in [-0.39, 0.29) is 12.4 Å². The molecule has 0 radical (unpaired) electrons. The maximum atomic E-state index is 12.8. The van der Waals surface area contributed by atoms with Crippen LogP contribution in [-0.2, 0) is 6.54 Å². The van der Waals surface area contributed by atoms with Crippen molar-refractivity contribution in [1.82, 2.24) is 4.90 Å². The zero-order valence-electron chi connectivity index (χ0n) is 13.4. The number of ether oxygens (including phenoxy) is 2. The molecule has 0 amide bonds. The highest BCUT2D eigenvalue weighted by atomic mass is 19.1. The quantitative estimate of drug-likeness (QED) is 0.812. The van der Waals surface area contributed by atoms with E-state index in [2.05, 4.69) is 0 Å². The zero-order chi connectivity index (χ0) is 16.7. The summed E-state index contributed by atoms with van der Waals surface area (Å²) in [7, 11) is 3.57. The van der Waals surface area contributed by atoms with Gasteiger partial charge in [0.05, 0.1) is 7.11 Å². The number of hydrogen-bond acceptors (Lipinski definition) is 4. The van der Waals surface area contributed by atoms with Crippen LogP contribution in [0.4, 0.5) is 4.39 Å². The number of halogens is 1. The molecule has 1 N–H and O–H groups in total. The summed E-state index contributed by atoms with van der Waals surface area (Å²) in [5, 5.41) is 10.1. The fourth-order valence-corrected chi connectivity index (χ4v) is 2.32. The lowest BCUT2D eigenvalue weighted by atomic mass is 10.2. The van der Waals surface area contributed by atoms with Crippen LogP contribution < -0.4 is 9.47 Å². The maximum absolute atomic E-state index is 12.8. The van der Waals surface area contributed by atoms with E-state index in [0.717, 1.165) is 11.3 Å². The first-order valence-electron chi connectivity index (χ1n) is 7.45. The molecular weight excluding hydrogens is 297 g/mol. The molecule has 0 spiro atoms. The van der Waals surface area contributed by atoms with Crippen molar-refractivity contribution in [2.45, 2.75) is 12.6 Å². The van der Waals surface area contributed by atoms with Crippen molar-refractivity contribution in [2.24, 2.45) is 0 Å². The van der Waals surface area contributed by atoms with Crippen LogP contribution in [0.2, 0.25) is 0 Å². The summed E-state index contributed by atoms with van der Waals surface area (Å²) in [6.45, 7) is 1.28. The van der Waals surface area contributed by atoms with Crippen LogP contribution >= 0.6 is 0 Å². The van der Waals surface area contributed by atoms with E-state index in [1.165, 1.54) is 12.1 Å². The second-order valence-corrected chi connectivity index (χ2v) is 5.43. The topological polar surface area (TPSA) is 41.9 Å². The Bertz CT molecular complexity index is 603. The van der Waals surface area contributed by atoms with Crippen LogP contribution in [0, 0.1) is 5.82 Å². The van der Waals surface area contributed by atoms with E-state index in [4.69, 9.17) is 9.47 Å². The fourth-order valence-electron chi connectivity index (χ4n) is 2.32. The maximum Gasteiger partial charge on any atom is 0.123 e. The lowest BCUT2D eigenvalue weighted by Crippen LogP contribution is -2.32. The van der Waals surface area contributed by atoms with Crippen LogP contribution in [0.25, 0.3) is 0 Å². The summed E-state index contributed by atoms with van der Waals surface area (Å²) in [6.07, 6.45) is -0.639. The summed E-state index contributed by atoms with van der Waals surface area (Å²) >= 11 is 0. The molecule has 1 unspecified atom stereocenters. The molecule has 0 aliphatic heterocycles. The van der Waals surface area contributed by atoms with Gasteiger partial charge in [0.1, 0.15) is 30.0 Å². The number of rotatable bonds is 8. The average Bonchev–Trinajstić information content (AvgIpc) is 2.54. The number of nitrogens with zero attached hydrogens (tertiary/aromatic N) is 1. The summed E-state index contributed by atoms with van der Waals surface area (Å²) in [5.74, 6) is 1.06. The first kappa shape index (κ1) is 17.2. The molecule has 0 saturated carbocycles. The Morgan fingerprint density at radius 2 is 1.83 bits per heavy atom. The monoisotopic (exact) mass is 319 g/mol. The largest absolute Gasteiger partial charge is 0.496 e. The molecule has 0 saturated heterocycles. The van der Waals surface area contributed by atoms with Gasteiger partial charge in [-0.25, -0.2) is 4.39 Å². The Kier molecular flexibility index (Phi) is 6.38. The van der Waals surface area contributed by atoms with E-state index in [1.54, 1.807) is 19.2 Å². The smallest absolute Gasteiger partial charge is 0.123 e. The highest BCUT2D eigenvalue weighted by Gasteiger charge is 2.11. The Labute approximate surface area is 136 Å². The molecule has 0 aliphatic rings. The van der Waals surface area contributed by atoms with E-state index in [0.29, 0.717) is 18.8 Å². The van der Waals surface area contributed by atoms with Gasteiger partial charge >= 0.3 is 0 Å². The van der Waals surface area contributed by atoms with Crippen LogP contribution in [0.5, 0.6) is 11.5 Å². The molecule has 2 aromatic rings. The molecule has 0 aliphatic carbocycles. The van der Waals surface area contributed by atoms with Gasteiger partial charge in [0.2, 0.25) is 0 Å². The fraction of sp³-hybridized carbons (Fsp3) is 0.333. The van der Waals surface area contributed by atoms with Gasteiger partial charge in [0, 0.05) is 18.7 Å². The molecule has 0 heterocycles. The third kappa shape index (κ3) is 5.54. The van der Waals surface area contributed by atoms with Crippen molar-refractivity contribution in [3.8, 4) is 11.5 Å². The van der Waals surface area contributed by atoms with Crippen molar-refractivity contribution >= 4 is 0 Å². The summed E-state index contributed by atoms with van der Waals surface area (Å²) in [5.41, 5.74) is 1.06. The van der Waals surface area contributed by atoms with Crippen molar-refractivity contribution in [2.75, 3.05) is 27.3 Å². The molecule has 0 bridgehead atoms. The normalized spacial score (nSPS) is 12.2. The highest BCUT2D eigenvalue weighted by molar-refractivity contribution is 5.33. The number of para-hydroxylation sites is 1. The van der Waals surface area contributed by atoms with Crippen molar-refractivity contribution in [3.63, 3.8) is 0 Å². The second-order valence-electron chi connectivity index (χ2n) is 5.43. The second kappa shape index (κ2) is 8.50. The number of aliphatic hydroxyl groups excluding tert-OH is 1. The number of likely N-dealkylation sites (N-methyl/N-ethyl adjacent to an activating group) is 1. The van der Waals surface area contributed by atoms with Crippen LogP contribution in [-0.4, -0.2) is 43.4 Å². The third-order valence-electron chi connectivity index (χ3n) is 3.41. The molecule has 124 valence electrons. The standard InChI is InChI=1S/C18H22FNO3/c1-20(11-14-5-3-4-6-18(14)22-2)12-16(21)13-23-17-9-7-15(19)8-10-17/h3-10,16,21H,11-13H2,1-2H3. The summed E-state index contributed by atoms with van der Waals surface area (Å²) in [4.78, 5) is 2.00. The Morgan fingerprint density at radius 3 is 2.52 bits per heavy atom. The first-order valence-corrected chi connectivity index (χ1v) is 7.45. The zero-order valence-corrected chi connectivity index (χ0v) is 13.4. The molecule has 2 rings (SSSR count). The lowest BCUT2D eigenvalue weighted by molar-refractivity contribution is 0.0741. The summed E-state index contributed by atoms with van der Waals surface area (Å²) in [6, 6.07) is 13.5. The molecular formula is C18H22FNO3. The third-order valence-corrected chi connectivity index (χ3v) is 3.41. The minimum atomic E-state index is -0.639. The molecule has 23 heavy (non-hydrogen) atoms. The highest BCUT2D eigenvalue weighted by Crippen LogP contribution is 2.18. The van der Waals surface area contributed by atoms with Gasteiger partial charge < -0.3 is 14.6 Å². The predicted octanol–water partition coefficient (Wildman–Crippen LogP) is 2.71. The Balaban J connectivity index is 1.80. The Morgan fingerprint density at radius 1 is 1.13 bits per heavy atom. The van der Waals surface area contributed by atoms with Gasteiger partial charge in [-0.15, -0.1) is 0 Å². The van der Waals surface area contributed by atoms with Gasteiger partial charge in [0.15, 0.2) is 0 Å². The van der Waals surface area contributed by atoms with Gasteiger partial charge in [-0.05, 0) is 37.4 Å². The SMILES string of the molecule is COc1ccccc1CN(C)CC(O)COc1ccc(F)cc1. The minimum Gasteiger partial charge on any atom is -0.496 e. The van der Waals surface area contributed by atoms with Crippen molar-refractivity contribution in [1.29, 1.82) is 0 Å². The van der Waals surface area contributed by atoms with Gasteiger partial charge in [-0.1, -0.05) is 18.2 Å². The molecule has 4 nitrogen and oxygen atoms in total. The Hall–Kier alpha value is -2.11. The van der Waals surface area contributed by atoms with Crippen LogP contribution in [0.3, 0.4) is 0 Å². The van der Waals surface area contributed by atoms with Crippen molar-refractivity contribution < 1.29 is 19.0 Å². The van der Waals surface area contributed by atoms with Gasteiger partial charge in [-0.2, -0.15) is 0 Å². The number of methoxy groups -OCH3 is 1. The van der Waals surface area contributed by atoms with Gasteiger partial charge in [0.25, 0.3) is 0 Å². The number of aliphatic hydroxyl groups is 1. The lowest BCUT2D eigenvalue weighted by Gasteiger charge is -2.21. The van der Waals surface area contributed by atoms with E-state index < -0.39 is 6.10 Å². The number of hydrogen-bond donors (Lipinski definition) is 1. The number of benzene rings is 2.